The van der Waals surface area contributed by atoms with Crippen molar-refractivity contribution in [1.29, 1.82) is 0 Å². The fraction of sp³-hybridized carbons (Fsp3) is 0.185. The Bertz CT molecular complexity index is 1210. The molecule has 0 saturated heterocycles. The first-order valence-corrected chi connectivity index (χ1v) is 10.5. The summed E-state index contributed by atoms with van der Waals surface area (Å²) < 4.78 is 47.5. The number of hydrogen-bond acceptors (Lipinski definition) is 3. The van der Waals surface area contributed by atoms with E-state index in [1.807, 2.05) is 24.3 Å². The van der Waals surface area contributed by atoms with Crippen LogP contribution in [0.3, 0.4) is 0 Å². The van der Waals surface area contributed by atoms with Crippen molar-refractivity contribution in [3.63, 3.8) is 0 Å². The largest absolute Gasteiger partial charge is 0.459 e. The second kappa shape index (κ2) is 9.95. The molecule has 0 spiro atoms. The predicted octanol–water partition coefficient (Wildman–Crippen LogP) is 6.40. The second-order valence-corrected chi connectivity index (χ2v) is 8.60. The summed E-state index contributed by atoms with van der Waals surface area (Å²) >= 11 is 0. The fourth-order valence-electron chi connectivity index (χ4n) is 3.33. The van der Waals surface area contributed by atoms with Crippen LogP contribution >= 0.6 is 0 Å². The van der Waals surface area contributed by atoms with Crippen molar-refractivity contribution < 1.29 is 27.5 Å². The van der Waals surface area contributed by atoms with Crippen molar-refractivity contribution >= 4 is 23.6 Å². The lowest BCUT2D eigenvalue weighted by atomic mass is 10.0. The van der Waals surface area contributed by atoms with Crippen LogP contribution in [0.25, 0.3) is 17.2 Å². The summed E-state index contributed by atoms with van der Waals surface area (Å²) in [6.07, 6.45) is 1.70. The molecule has 0 unspecified atom stereocenters. The minimum absolute atomic E-state index is 0.212. The number of benzene rings is 3. The Balaban J connectivity index is 2.06. The quantitative estimate of drug-likeness (QED) is 0.394. The monoisotopic (exact) mass is 467 g/mol. The topological polar surface area (TPSA) is 46.6 Å². The van der Waals surface area contributed by atoms with Crippen molar-refractivity contribution in [2.75, 3.05) is 11.4 Å². The van der Waals surface area contributed by atoms with Gasteiger partial charge in [-0.1, -0.05) is 49.1 Å². The summed E-state index contributed by atoms with van der Waals surface area (Å²) in [5.74, 6) is -5.81. The van der Waals surface area contributed by atoms with Crippen LogP contribution in [0.4, 0.5) is 18.9 Å². The molecule has 0 aliphatic rings. The third-order valence-electron chi connectivity index (χ3n) is 4.81. The van der Waals surface area contributed by atoms with Gasteiger partial charge in [-0.2, -0.15) is 0 Å². The molecule has 176 valence electrons. The number of esters is 1. The summed E-state index contributed by atoms with van der Waals surface area (Å²) in [6, 6.07) is 14.9. The van der Waals surface area contributed by atoms with Gasteiger partial charge < -0.3 is 4.74 Å². The summed E-state index contributed by atoms with van der Waals surface area (Å²) in [7, 11) is 0. The molecule has 3 aromatic carbocycles. The van der Waals surface area contributed by atoms with E-state index in [4.69, 9.17) is 4.74 Å². The van der Waals surface area contributed by atoms with Gasteiger partial charge in [0.05, 0.1) is 0 Å². The van der Waals surface area contributed by atoms with Crippen molar-refractivity contribution in [1.82, 2.24) is 0 Å². The van der Waals surface area contributed by atoms with E-state index >= 15 is 0 Å². The van der Waals surface area contributed by atoms with Gasteiger partial charge in [0.15, 0.2) is 0 Å². The average molecular weight is 467 g/mol. The van der Waals surface area contributed by atoms with Crippen LogP contribution in [-0.4, -0.2) is 24.0 Å². The van der Waals surface area contributed by atoms with Crippen LogP contribution < -0.4 is 4.90 Å². The van der Waals surface area contributed by atoms with E-state index in [9.17, 15) is 22.8 Å². The number of carbonyl (C=O) groups is 2. The number of carbonyl (C=O) groups excluding carboxylic acids is 2. The van der Waals surface area contributed by atoms with E-state index in [0.29, 0.717) is 17.7 Å². The van der Waals surface area contributed by atoms with Crippen LogP contribution in [0, 0.1) is 17.5 Å². The van der Waals surface area contributed by atoms with Gasteiger partial charge in [-0.05, 0) is 49.6 Å². The van der Waals surface area contributed by atoms with Crippen molar-refractivity contribution in [2.24, 2.45) is 0 Å². The summed E-state index contributed by atoms with van der Waals surface area (Å²) in [5.41, 5.74) is 0.845. The standard InChI is InChI=1S/C27H24F3NO3/c1-5-17-9-11-18(12-10-17)19-7-6-8-21(13-19)31(16-24(32)34-27(2,3)4)26(33)25-22(29)14-20(28)15-23(25)30/h5-15H,1,16H2,2-4H3. The molecule has 0 N–H and O–H groups in total. The Morgan fingerprint density at radius 1 is 0.941 bits per heavy atom. The highest BCUT2D eigenvalue weighted by atomic mass is 19.1. The molecule has 0 saturated carbocycles. The lowest BCUT2D eigenvalue weighted by molar-refractivity contribution is -0.152. The first kappa shape index (κ1) is 24.8. The summed E-state index contributed by atoms with van der Waals surface area (Å²) in [4.78, 5) is 26.7. The first-order valence-electron chi connectivity index (χ1n) is 10.5. The van der Waals surface area contributed by atoms with Crippen LogP contribution in [0.2, 0.25) is 0 Å². The Morgan fingerprint density at radius 2 is 1.56 bits per heavy atom. The maximum Gasteiger partial charge on any atom is 0.326 e. The lowest BCUT2D eigenvalue weighted by Gasteiger charge is -2.26. The molecule has 0 fully saturated rings. The molecule has 7 heteroatoms. The number of amides is 1. The van der Waals surface area contributed by atoms with Crippen molar-refractivity contribution in [3.05, 3.63) is 95.8 Å². The highest BCUT2D eigenvalue weighted by molar-refractivity contribution is 6.09. The van der Waals surface area contributed by atoms with Gasteiger partial charge >= 0.3 is 5.97 Å². The molecule has 3 rings (SSSR count). The zero-order chi connectivity index (χ0) is 25.0. The molecular formula is C27H24F3NO3. The fourth-order valence-corrected chi connectivity index (χ4v) is 3.33. The van der Waals surface area contributed by atoms with Crippen molar-refractivity contribution in [3.8, 4) is 11.1 Å². The number of rotatable bonds is 6. The molecule has 0 atom stereocenters. The second-order valence-electron chi connectivity index (χ2n) is 8.60. The normalized spacial score (nSPS) is 11.1. The Morgan fingerprint density at radius 3 is 2.12 bits per heavy atom. The molecule has 0 bridgehead atoms. The lowest BCUT2D eigenvalue weighted by Crippen LogP contribution is -2.39. The molecule has 4 nitrogen and oxygen atoms in total. The highest BCUT2D eigenvalue weighted by Crippen LogP contribution is 2.28. The van der Waals surface area contributed by atoms with Crippen LogP contribution in [0.5, 0.6) is 0 Å². The summed E-state index contributed by atoms with van der Waals surface area (Å²) in [6.45, 7) is 8.08. The molecule has 1 amide bonds. The number of hydrogen-bond donors (Lipinski definition) is 0. The Labute approximate surface area is 196 Å². The smallest absolute Gasteiger partial charge is 0.326 e. The first-order chi connectivity index (χ1) is 16.0. The highest BCUT2D eigenvalue weighted by Gasteiger charge is 2.29. The van der Waals surface area contributed by atoms with Crippen LogP contribution in [-0.2, 0) is 9.53 Å². The van der Waals surface area contributed by atoms with Gasteiger partial charge in [0, 0.05) is 17.8 Å². The average Bonchev–Trinajstić information content (AvgIpc) is 2.75. The molecule has 3 aromatic rings. The predicted molar refractivity (Wildman–Crippen MR) is 126 cm³/mol. The van der Waals surface area contributed by atoms with Gasteiger partial charge in [0.25, 0.3) is 5.91 Å². The zero-order valence-corrected chi connectivity index (χ0v) is 19.1. The van der Waals surface area contributed by atoms with E-state index in [-0.39, 0.29) is 5.69 Å². The van der Waals surface area contributed by atoms with Gasteiger partial charge in [-0.3, -0.25) is 14.5 Å². The maximum atomic E-state index is 14.4. The Kier molecular flexibility index (Phi) is 7.25. The molecule has 0 aliphatic heterocycles. The molecule has 0 heterocycles. The van der Waals surface area contributed by atoms with Gasteiger partial charge in [0.2, 0.25) is 0 Å². The van der Waals surface area contributed by atoms with E-state index in [2.05, 4.69) is 6.58 Å². The third-order valence-corrected chi connectivity index (χ3v) is 4.81. The van der Waals surface area contributed by atoms with Gasteiger partial charge in [-0.15, -0.1) is 0 Å². The van der Waals surface area contributed by atoms with E-state index in [1.54, 1.807) is 45.0 Å². The summed E-state index contributed by atoms with van der Waals surface area (Å²) in [5, 5.41) is 0. The molecule has 34 heavy (non-hydrogen) atoms. The van der Waals surface area contributed by atoms with E-state index < -0.39 is 47.0 Å². The SMILES string of the molecule is C=Cc1ccc(-c2cccc(N(CC(=O)OC(C)(C)C)C(=O)c3c(F)cc(F)cc3F)c2)cc1. The van der Waals surface area contributed by atoms with Crippen molar-refractivity contribution in [2.45, 2.75) is 26.4 Å². The number of anilines is 1. The number of halogens is 3. The molecule has 0 radical (unpaired) electrons. The Hall–Kier alpha value is -3.87. The number of ether oxygens (including phenoxy) is 1. The molecule has 0 aliphatic carbocycles. The zero-order valence-electron chi connectivity index (χ0n) is 19.1. The van der Waals surface area contributed by atoms with Gasteiger partial charge in [0.1, 0.15) is 35.2 Å². The van der Waals surface area contributed by atoms with Crippen LogP contribution in [0.1, 0.15) is 36.7 Å². The van der Waals surface area contributed by atoms with E-state index in [0.717, 1.165) is 16.0 Å². The van der Waals surface area contributed by atoms with Crippen LogP contribution in [0.15, 0.2) is 67.2 Å². The van der Waals surface area contributed by atoms with Gasteiger partial charge in [-0.25, -0.2) is 13.2 Å². The number of nitrogens with zero attached hydrogens (tertiary/aromatic N) is 1. The minimum atomic E-state index is -1.37. The maximum absolute atomic E-state index is 14.4. The van der Waals surface area contributed by atoms with E-state index in [1.165, 1.54) is 6.07 Å². The molecular weight excluding hydrogens is 443 g/mol. The molecule has 0 aromatic heterocycles. The minimum Gasteiger partial charge on any atom is -0.459 e. The third kappa shape index (κ3) is 5.92.